The van der Waals surface area contributed by atoms with E-state index in [0.717, 1.165) is 13.1 Å². The van der Waals surface area contributed by atoms with Gasteiger partial charge in [-0.25, -0.2) is 0 Å². The van der Waals surface area contributed by atoms with E-state index in [2.05, 4.69) is 34.7 Å². The van der Waals surface area contributed by atoms with Crippen molar-refractivity contribution in [1.82, 2.24) is 10.2 Å². The van der Waals surface area contributed by atoms with Gasteiger partial charge >= 0.3 is 0 Å². The minimum Gasteiger partial charge on any atom is -0.348 e. The number of carbonyl (C=O) groups excluding carboxylic acids is 1. The van der Waals surface area contributed by atoms with Gasteiger partial charge in [0.15, 0.2) is 0 Å². The van der Waals surface area contributed by atoms with E-state index in [0.29, 0.717) is 10.6 Å². The van der Waals surface area contributed by atoms with Gasteiger partial charge in [-0.3, -0.25) is 9.69 Å². The maximum absolute atomic E-state index is 12.5. The SMILES string of the molecule is C[C@@H](NC(=O)c1cccc(Cl)c1)[C@H](c1cccs1)N1CCCC1. The third-order valence-electron chi connectivity index (χ3n) is 4.29. The van der Waals surface area contributed by atoms with Crippen molar-refractivity contribution >= 4 is 28.8 Å². The minimum atomic E-state index is -0.0687. The molecule has 23 heavy (non-hydrogen) atoms. The molecule has 2 heterocycles. The van der Waals surface area contributed by atoms with Crippen molar-refractivity contribution < 1.29 is 4.79 Å². The van der Waals surface area contributed by atoms with Gasteiger partial charge in [-0.05, 0) is 62.5 Å². The molecule has 3 rings (SSSR count). The normalized spacial score (nSPS) is 17.8. The monoisotopic (exact) mass is 348 g/mol. The highest BCUT2D eigenvalue weighted by molar-refractivity contribution is 7.10. The van der Waals surface area contributed by atoms with E-state index in [4.69, 9.17) is 11.6 Å². The fraction of sp³-hybridized carbons (Fsp3) is 0.389. The number of hydrogen-bond acceptors (Lipinski definition) is 3. The van der Waals surface area contributed by atoms with E-state index >= 15 is 0 Å². The lowest BCUT2D eigenvalue weighted by molar-refractivity contribution is 0.0908. The highest BCUT2D eigenvalue weighted by atomic mass is 35.5. The van der Waals surface area contributed by atoms with Gasteiger partial charge in [0, 0.05) is 21.5 Å². The van der Waals surface area contributed by atoms with Gasteiger partial charge in [0.05, 0.1) is 6.04 Å². The Hall–Kier alpha value is -1.36. The van der Waals surface area contributed by atoms with E-state index in [-0.39, 0.29) is 18.0 Å². The van der Waals surface area contributed by atoms with Gasteiger partial charge < -0.3 is 5.32 Å². The molecule has 0 unspecified atom stereocenters. The smallest absolute Gasteiger partial charge is 0.251 e. The summed E-state index contributed by atoms with van der Waals surface area (Å²) in [6, 6.07) is 11.6. The van der Waals surface area contributed by atoms with Crippen molar-refractivity contribution in [2.24, 2.45) is 0 Å². The van der Waals surface area contributed by atoms with Crippen LogP contribution in [0.3, 0.4) is 0 Å². The first-order chi connectivity index (χ1) is 11.1. The maximum Gasteiger partial charge on any atom is 0.251 e. The predicted molar refractivity (Wildman–Crippen MR) is 96.2 cm³/mol. The molecule has 1 N–H and O–H groups in total. The Balaban J connectivity index is 1.75. The highest BCUT2D eigenvalue weighted by Crippen LogP contribution is 2.31. The molecular formula is C18H21ClN2OS. The zero-order valence-corrected chi connectivity index (χ0v) is 14.7. The maximum atomic E-state index is 12.5. The predicted octanol–water partition coefficient (Wildman–Crippen LogP) is 4.36. The quantitative estimate of drug-likeness (QED) is 0.870. The molecule has 2 aromatic rings. The molecule has 0 spiro atoms. The number of amides is 1. The molecule has 1 aromatic carbocycles. The van der Waals surface area contributed by atoms with Crippen LogP contribution in [0, 0.1) is 0 Å². The van der Waals surface area contributed by atoms with Gasteiger partial charge in [-0.1, -0.05) is 23.7 Å². The fourth-order valence-electron chi connectivity index (χ4n) is 3.22. The summed E-state index contributed by atoms with van der Waals surface area (Å²) < 4.78 is 0. The molecule has 1 saturated heterocycles. The average molecular weight is 349 g/mol. The van der Waals surface area contributed by atoms with E-state index in [1.54, 1.807) is 35.6 Å². The summed E-state index contributed by atoms with van der Waals surface area (Å²) >= 11 is 7.74. The summed E-state index contributed by atoms with van der Waals surface area (Å²) in [5, 5.41) is 5.84. The fourth-order valence-corrected chi connectivity index (χ4v) is 4.37. The minimum absolute atomic E-state index is 0.0400. The van der Waals surface area contributed by atoms with Crippen LogP contribution < -0.4 is 5.32 Å². The van der Waals surface area contributed by atoms with Crippen LogP contribution in [0.15, 0.2) is 41.8 Å². The second-order valence-electron chi connectivity index (χ2n) is 5.98. The Labute approximate surface area is 146 Å². The Kier molecular flexibility index (Phi) is 5.36. The lowest BCUT2D eigenvalue weighted by Crippen LogP contribution is -2.43. The zero-order valence-electron chi connectivity index (χ0n) is 13.2. The lowest BCUT2D eigenvalue weighted by Gasteiger charge is -2.32. The molecule has 2 atom stereocenters. The molecule has 1 amide bonds. The number of benzene rings is 1. The van der Waals surface area contributed by atoms with Crippen LogP contribution in [0.2, 0.25) is 5.02 Å². The van der Waals surface area contributed by atoms with Gasteiger partial charge in [0.1, 0.15) is 0 Å². The molecule has 3 nitrogen and oxygen atoms in total. The number of nitrogens with zero attached hydrogens (tertiary/aromatic N) is 1. The van der Waals surface area contributed by atoms with Gasteiger partial charge in [-0.2, -0.15) is 0 Å². The summed E-state index contributed by atoms with van der Waals surface area (Å²) in [4.78, 5) is 16.3. The van der Waals surface area contributed by atoms with E-state index in [1.807, 2.05) is 0 Å². The van der Waals surface area contributed by atoms with Crippen molar-refractivity contribution in [3.05, 3.63) is 57.2 Å². The van der Waals surface area contributed by atoms with Crippen molar-refractivity contribution in [3.63, 3.8) is 0 Å². The zero-order chi connectivity index (χ0) is 16.2. The van der Waals surface area contributed by atoms with Crippen molar-refractivity contribution in [2.75, 3.05) is 13.1 Å². The Morgan fingerprint density at radius 2 is 2.04 bits per heavy atom. The highest BCUT2D eigenvalue weighted by Gasteiger charge is 2.30. The molecule has 0 aliphatic carbocycles. The molecule has 5 heteroatoms. The summed E-state index contributed by atoms with van der Waals surface area (Å²) in [5.41, 5.74) is 0.607. The Bertz CT molecular complexity index is 653. The molecule has 1 aliphatic heterocycles. The van der Waals surface area contributed by atoms with Crippen LogP contribution in [0.5, 0.6) is 0 Å². The summed E-state index contributed by atoms with van der Waals surface area (Å²) in [7, 11) is 0. The first-order valence-electron chi connectivity index (χ1n) is 7.99. The third-order valence-corrected chi connectivity index (χ3v) is 5.47. The molecule has 0 saturated carbocycles. The third kappa shape index (κ3) is 3.94. The molecule has 122 valence electrons. The molecule has 0 bridgehead atoms. The molecule has 1 aromatic heterocycles. The van der Waals surface area contributed by atoms with Crippen molar-refractivity contribution in [2.45, 2.75) is 31.8 Å². The Morgan fingerprint density at radius 3 is 2.70 bits per heavy atom. The number of carbonyl (C=O) groups is 1. The van der Waals surface area contributed by atoms with Crippen LogP contribution >= 0.6 is 22.9 Å². The van der Waals surface area contributed by atoms with Crippen LogP contribution in [-0.4, -0.2) is 29.9 Å². The van der Waals surface area contributed by atoms with Crippen LogP contribution in [0.4, 0.5) is 0 Å². The summed E-state index contributed by atoms with van der Waals surface area (Å²) in [5.74, 6) is -0.0687. The van der Waals surface area contributed by atoms with E-state index in [1.165, 1.54) is 17.7 Å². The van der Waals surface area contributed by atoms with Gasteiger partial charge in [-0.15, -0.1) is 11.3 Å². The summed E-state index contributed by atoms with van der Waals surface area (Å²) in [6.07, 6.45) is 2.47. The molecule has 1 aliphatic rings. The topological polar surface area (TPSA) is 32.3 Å². The Morgan fingerprint density at radius 1 is 1.26 bits per heavy atom. The second-order valence-corrected chi connectivity index (χ2v) is 7.39. The second kappa shape index (κ2) is 7.47. The average Bonchev–Trinajstić information content (AvgIpc) is 3.21. The lowest BCUT2D eigenvalue weighted by atomic mass is 10.1. The van der Waals surface area contributed by atoms with Crippen LogP contribution in [0.1, 0.15) is 41.0 Å². The number of nitrogens with one attached hydrogen (secondary N) is 1. The van der Waals surface area contributed by atoms with E-state index < -0.39 is 0 Å². The number of thiophene rings is 1. The summed E-state index contributed by atoms with van der Waals surface area (Å²) in [6.45, 7) is 4.28. The van der Waals surface area contributed by atoms with Crippen molar-refractivity contribution in [1.29, 1.82) is 0 Å². The molecule has 1 fully saturated rings. The van der Waals surface area contributed by atoms with Crippen LogP contribution in [0.25, 0.3) is 0 Å². The standard InChI is InChI=1S/C18H21ClN2OS/c1-13(20-18(22)14-6-4-7-15(19)12-14)17(16-8-5-11-23-16)21-9-2-3-10-21/h4-8,11-13,17H,2-3,9-10H2,1H3,(H,20,22)/t13-,17-/m1/s1. The van der Waals surface area contributed by atoms with Crippen molar-refractivity contribution in [3.8, 4) is 0 Å². The number of hydrogen-bond donors (Lipinski definition) is 1. The van der Waals surface area contributed by atoms with Gasteiger partial charge in [0.25, 0.3) is 5.91 Å². The van der Waals surface area contributed by atoms with Gasteiger partial charge in [0.2, 0.25) is 0 Å². The van der Waals surface area contributed by atoms with Crippen LogP contribution in [-0.2, 0) is 0 Å². The first-order valence-corrected chi connectivity index (χ1v) is 9.25. The number of likely N-dealkylation sites (tertiary alicyclic amines) is 1. The first kappa shape index (κ1) is 16.5. The number of halogens is 1. The molecule has 0 radical (unpaired) electrons. The molecular weight excluding hydrogens is 328 g/mol. The van der Waals surface area contributed by atoms with E-state index in [9.17, 15) is 4.79 Å². The number of rotatable bonds is 5. The largest absolute Gasteiger partial charge is 0.348 e.